The van der Waals surface area contributed by atoms with Crippen LogP contribution in [0.5, 0.6) is 0 Å². The fourth-order valence-corrected chi connectivity index (χ4v) is 1.71. The fourth-order valence-electron chi connectivity index (χ4n) is 1.45. The van der Waals surface area contributed by atoms with Crippen LogP contribution in [0.1, 0.15) is 5.56 Å². The molecule has 2 N–H and O–H groups in total. The van der Waals surface area contributed by atoms with Gasteiger partial charge in [-0.15, -0.1) is 0 Å². The topological polar surface area (TPSA) is 40.7 Å². The highest BCUT2D eigenvalue weighted by atomic mass is 35.5. The third-order valence-electron chi connectivity index (χ3n) is 2.23. The van der Waals surface area contributed by atoms with E-state index in [4.69, 9.17) is 11.6 Å². The van der Waals surface area contributed by atoms with Crippen LogP contribution in [0.3, 0.4) is 0 Å². The Morgan fingerprint density at radius 2 is 2.36 bits per heavy atom. The minimum absolute atomic E-state index is 0.792. The van der Waals surface area contributed by atoms with Crippen LogP contribution in [0.25, 0.3) is 11.0 Å². The molecule has 0 bridgehead atoms. The smallest absolute Gasteiger partial charge is 0.0931 e. The molecule has 74 valence electrons. The first-order valence-corrected chi connectivity index (χ1v) is 4.95. The summed E-state index contributed by atoms with van der Waals surface area (Å²) >= 11 is 6.11. The number of imidazole rings is 1. The average Bonchev–Trinajstić information content (AvgIpc) is 2.61. The van der Waals surface area contributed by atoms with Crippen LogP contribution in [-0.4, -0.2) is 23.6 Å². The van der Waals surface area contributed by atoms with Crippen molar-refractivity contribution < 1.29 is 0 Å². The number of hydrogen-bond acceptors (Lipinski definition) is 2. The van der Waals surface area contributed by atoms with Gasteiger partial charge >= 0.3 is 0 Å². The number of likely N-dealkylation sites (N-methyl/N-ethyl adjacent to an activating group) is 1. The van der Waals surface area contributed by atoms with Gasteiger partial charge in [-0.3, -0.25) is 0 Å². The monoisotopic (exact) mass is 209 g/mol. The summed E-state index contributed by atoms with van der Waals surface area (Å²) in [5, 5.41) is 3.89. The van der Waals surface area contributed by atoms with Crippen LogP contribution in [0.2, 0.25) is 5.02 Å². The van der Waals surface area contributed by atoms with Crippen molar-refractivity contribution in [2.45, 2.75) is 6.42 Å². The van der Waals surface area contributed by atoms with E-state index in [0.29, 0.717) is 0 Å². The van der Waals surface area contributed by atoms with E-state index in [1.54, 1.807) is 6.33 Å². The Labute approximate surface area is 87.5 Å². The van der Waals surface area contributed by atoms with Gasteiger partial charge in [0.1, 0.15) is 0 Å². The summed E-state index contributed by atoms with van der Waals surface area (Å²) < 4.78 is 0. The molecule has 1 aromatic heterocycles. The van der Waals surface area contributed by atoms with Crippen LogP contribution >= 0.6 is 11.6 Å². The van der Waals surface area contributed by atoms with E-state index in [1.807, 2.05) is 13.1 Å². The Kier molecular flexibility index (Phi) is 2.70. The Hall–Kier alpha value is -1.06. The lowest BCUT2D eigenvalue weighted by molar-refractivity contribution is 0.792. The highest BCUT2D eigenvalue weighted by Crippen LogP contribution is 2.21. The first-order valence-electron chi connectivity index (χ1n) is 4.57. The van der Waals surface area contributed by atoms with Crippen molar-refractivity contribution in [2.75, 3.05) is 13.6 Å². The quantitative estimate of drug-likeness (QED) is 0.812. The highest BCUT2D eigenvalue weighted by molar-refractivity contribution is 6.32. The van der Waals surface area contributed by atoms with Crippen molar-refractivity contribution in [3.05, 3.63) is 29.0 Å². The predicted molar refractivity (Wildman–Crippen MR) is 58.7 cm³/mol. The summed E-state index contributed by atoms with van der Waals surface area (Å²) in [5.41, 5.74) is 3.11. The maximum absolute atomic E-state index is 6.11. The standard InChI is InChI=1S/C10H12ClN3/c1-12-3-2-7-4-9-10(5-8(7)11)14-6-13-9/h4-6,12H,2-3H2,1H3,(H,13,14). The van der Waals surface area contributed by atoms with Gasteiger partial charge in [0.25, 0.3) is 0 Å². The van der Waals surface area contributed by atoms with Crippen molar-refractivity contribution in [1.82, 2.24) is 15.3 Å². The molecule has 1 heterocycles. The molecule has 2 aromatic rings. The fraction of sp³-hybridized carbons (Fsp3) is 0.300. The molecule has 0 unspecified atom stereocenters. The lowest BCUT2D eigenvalue weighted by Gasteiger charge is -2.03. The molecule has 0 saturated heterocycles. The van der Waals surface area contributed by atoms with Gasteiger partial charge < -0.3 is 10.3 Å². The highest BCUT2D eigenvalue weighted by Gasteiger charge is 2.03. The zero-order valence-electron chi connectivity index (χ0n) is 7.97. The van der Waals surface area contributed by atoms with Crippen molar-refractivity contribution in [3.8, 4) is 0 Å². The summed E-state index contributed by atoms with van der Waals surface area (Å²) in [6, 6.07) is 3.96. The number of nitrogens with one attached hydrogen (secondary N) is 2. The molecule has 2 rings (SSSR count). The van der Waals surface area contributed by atoms with Crippen LogP contribution in [-0.2, 0) is 6.42 Å². The summed E-state index contributed by atoms with van der Waals surface area (Å²) in [4.78, 5) is 7.22. The largest absolute Gasteiger partial charge is 0.345 e. The number of aromatic amines is 1. The first-order chi connectivity index (χ1) is 6.81. The Morgan fingerprint density at radius 3 is 3.14 bits per heavy atom. The van der Waals surface area contributed by atoms with E-state index in [1.165, 1.54) is 0 Å². The molecule has 3 nitrogen and oxygen atoms in total. The normalized spacial score (nSPS) is 11.0. The minimum atomic E-state index is 0.792. The van der Waals surface area contributed by atoms with Crippen LogP contribution in [0.15, 0.2) is 18.5 Å². The van der Waals surface area contributed by atoms with E-state index in [-0.39, 0.29) is 0 Å². The van der Waals surface area contributed by atoms with Gasteiger partial charge in [-0.1, -0.05) is 11.6 Å². The molecule has 1 aromatic carbocycles. The SMILES string of the molecule is CNCCc1cc2[nH]cnc2cc1Cl. The van der Waals surface area contributed by atoms with Crippen molar-refractivity contribution in [1.29, 1.82) is 0 Å². The third kappa shape index (κ3) is 1.74. The number of aromatic nitrogens is 2. The van der Waals surface area contributed by atoms with Gasteiger partial charge in [-0.05, 0) is 37.7 Å². The number of nitrogens with zero attached hydrogens (tertiary/aromatic N) is 1. The van der Waals surface area contributed by atoms with Gasteiger partial charge in [0.15, 0.2) is 0 Å². The van der Waals surface area contributed by atoms with Crippen molar-refractivity contribution in [2.24, 2.45) is 0 Å². The zero-order chi connectivity index (χ0) is 9.97. The van der Waals surface area contributed by atoms with Crippen molar-refractivity contribution >= 4 is 22.6 Å². The molecule has 0 aliphatic rings. The molecule has 0 fully saturated rings. The van der Waals surface area contributed by atoms with Gasteiger partial charge in [-0.25, -0.2) is 4.98 Å². The summed E-state index contributed by atoms with van der Waals surface area (Å²) in [5.74, 6) is 0. The second-order valence-electron chi connectivity index (χ2n) is 3.22. The third-order valence-corrected chi connectivity index (χ3v) is 2.58. The predicted octanol–water partition coefficient (Wildman–Crippen LogP) is 1.98. The van der Waals surface area contributed by atoms with E-state index in [2.05, 4.69) is 21.4 Å². The number of hydrogen-bond donors (Lipinski definition) is 2. The molecule has 14 heavy (non-hydrogen) atoms. The van der Waals surface area contributed by atoms with E-state index in [9.17, 15) is 0 Å². The lowest BCUT2D eigenvalue weighted by atomic mass is 10.1. The molecule has 0 amide bonds. The van der Waals surface area contributed by atoms with Gasteiger partial charge in [-0.2, -0.15) is 0 Å². The van der Waals surface area contributed by atoms with E-state index >= 15 is 0 Å². The number of halogens is 1. The molecule has 0 atom stereocenters. The van der Waals surface area contributed by atoms with Gasteiger partial charge in [0, 0.05) is 5.02 Å². The van der Waals surface area contributed by atoms with E-state index in [0.717, 1.165) is 34.6 Å². The Balaban J connectivity index is 2.38. The van der Waals surface area contributed by atoms with Gasteiger partial charge in [0.05, 0.1) is 17.4 Å². The molecular formula is C10H12ClN3. The number of H-pyrrole nitrogens is 1. The minimum Gasteiger partial charge on any atom is -0.345 e. The summed E-state index contributed by atoms with van der Waals surface area (Å²) in [6.45, 7) is 0.930. The second kappa shape index (κ2) is 3.98. The van der Waals surface area contributed by atoms with Gasteiger partial charge in [0.2, 0.25) is 0 Å². The molecular weight excluding hydrogens is 198 g/mol. The summed E-state index contributed by atoms with van der Waals surface area (Å²) in [7, 11) is 1.93. The average molecular weight is 210 g/mol. The Morgan fingerprint density at radius 1 is 1.50 bits per heavy atom. The molecule has 4 heteroatoms. The maximum atomic E-state index is 6.11. The zero-order valence-corrected chi connectivity index (χ0v) is 8.73. The molecule has 0 aliphatic heterocycles. The first kappa shape index (κ1) is 9.49. The van der Waals surface area contributed by atoms with Crippen molar-refractivity contribution in [3.63, 3.8) is 0 Å². The molecule has 0 saturated carbocycles. The molecule has 0 aliphatic carbocycles. The van der Waals surface area contributed by atoms with Crippen LogP contribution in [0, 0.1) is 0 Å². The summed E-state index contributed by atoms with van der Waals surface area (Å²) in [6.07, 6.45) is 2.62. The van der Waals surface area contributed by atoms with E-state index < -0.39 is 0 Å². The Bertz CT molecular complexity index is 436. The number of benzene rings is 1. The second-order valence-corrected chi connectivity index (χ2v) is 3.62. The van der Waals surface area contributed by atoms with Crippen LogP contribution < -0.4 is 5.32 Å². The molecule has 0 radical (unpaired) electrons. The number of fused-ring (bicyclic) bond motifs is 1. The lowest BCUT2D eigenvalue weighted by Crippen LogP contribution is -2.10. The van der Waals surface area contributed by atoms with Crippen LogP contribution in [0.4, 0.5) is 0 Å². The molecule has 0 spiro atoms. The number of rotatable bonds is 3. The maximum Gasteiger partial charge on any atom is 0.0931 e.